The molecule has 0 saturated heterocycles. The number of carbonyl (C=O) groups is 1. The molecule has 0 amide bonds. The Morgan fingerprint density at radius 1 is 1.19 bits per heavy atom. The molecule has 3 rings (SSSR count). The molecule has 3 N–H and O–H groups in total. The Morgan fingerprint density at radius 3 is 2.62 bits per heavy atom. The molecule has 0 fully saturated rings. The highest BCUT2D eigenvalue weighted by molar-refractivity contribution is 5.85. The van der Waals surface area contributed by atoms with Gasteiger partial charge in [0.05, 0.1) is 5.56 Å². The van der Waals surface area contributed by atoms with Crippen LogP contribution in [0, 0.1) is 6.92 Å². The monoisotopic (exact) mass is 353 g/mol. The van der Waals surface area contributed by atoms with Crippen LogP contribution in [0.5, 0.6) is 5.75 Å². The fourth-order valence-electron chi connectivity index (χ4n) is 2.92. The molecule has 2 aromatic carbocycles. The summed E-state index contributed by atoms with van der Waals surface area (Å²) in [7, 11) is 0. The lowest BCUT2D eigenvalue weighted by Crippen LogP contribution is -2.38. The molecule has 3 aromatic rings. The molecule has 1 heterocycles. The van der Waals surface area contributed by atoms with E-state index in [0.717, 1.165) is 11.1 Å². The van der Waals surface area contributed by atoms with E-state index in [2.05, 4.69) is 5.32 Å². The summed E-state index contributed by atoms with van der Waals surface area (Å²) >= 11 is 0. The number of aromatic hydroxyl groups is 1. The normalized spacial score (nSPS) is 12.2. The number of carboxylic acid groups (broad SMARTS) is 1. The van der Waals surface area contributed by atoms with Crippen molar-refractivity contribution >= 4 is 16.9 Å². The molecule has 0 aliphatic rings. The van der Waals surface area contributed by atoms with Crippen LogP contribution in [0.3, 0.4) is 0 Å². The zero-order valence-electron chi connectivity index (χ0n) is 14.2. The van der Waals surface area contributed by atoms with E-state index in [9.17, 15) is 19.8 Å². The van der Waals surface area contributed by atoms with Crippen molar-refractivity contribution in [3.63, 3.8) is 0 Å². The van der Waals surface area contributed by atoms with Crippen molar-refractivity contribution in [1.29, 1.82) is 0 Å². The molecule has 0 bridgehead atoms. The first-order chi connectivity index (χ1) is 12.5. The van der Waals surface area contributed by atoms with Crippen molar-refractivity contribution in [3.05, 3.63) is 75.6 Å². The van der Waals surface area contributed by atoms with Gasteiger partial charge in [-0.05, 0) is 36.6 Å². The van der Waals surface area contributed by atoms with Gasteiger partial charge in [0.15, 0.2) is 0 Å². The highest BCUT2D eigenvalue weighted by Gasteiger charge is 2.19. The third-order valence-corrected chi connectivity index (χ3v) is 4.30. The average molecular weight is 353 g/mol. The number of carboxylic acids is 1. The topological polar surface area (TPSA) is 99.8 Å². The predicted molar refractivity (Wildman–Crippen MR) is 97.3 cm³/mol. The van der Waals surface area contributed by atoms with Gasteiger partial charge in [0, 0.05) is 18.0 Å². The predicted octanol–water partition coefficient (Wildman–Crippen LogP) is 2.59. The minimum atomic E-state index is -0.994. The Kier molecular flexibility index (Phi) is 5.04. The van der Waals surface area contributed by atoms with Gasteiger partial charge in [-0.1, -0.05) is 30.3 Å². The van der Waals surface area contributed by atoms with Gasteiger partial charge in [-0.15, -0.1) is 0 Å². The molecule has 1 aromatic heterocycles. The number of rotatable bonds is 6. The molecule has 0 spiro atoms. The molecular formula is C20H19NO5. The number of nitrogens with one attached hydrogen (secondary N) is 1. The second kappa shape index (κ2) is 7.41. The van der Waals surface area contributed by atoms with Crippen molar-refractivity contribution in [1.82, 2.24) is 5.32 Å². The standard InChI is InChI=1S/C20H19NO5/c1-12-9-18(23)26-19-14(12)7-8-17(22)15(19)11-21-16(20(24)25)10-13-5-3-2-4-6-13/h2-9,16,21-22H,10-11H2,1H3,(H,24,25)/t16-/m0/s1. The molecule has 134 valence electrons. The summed E-state index contributed by atoms with van der Waals surface area (Å²) in [6.45, 7) is 1.84. The summed E-state index contributed by atoms with van der Waals surface area (Å²) in [6, 6.07) is 13.0. The highest BCUT2D eigenvalue weighted by atomic mass is 16.4. The summed E-state index contributed by atoms with van der Waals surface area (Å²) in [5.41, 5.74) is 1.74. The Labute approximate surface area is 149 Å². The number of benzene rings is 2. The van der Waals surface area contributed by atoms with Crippen molar-refractivity contribution in [2.75, 3.05) is 0 Å². The number of phenols is 1. The number of phenolic OH excluding ortho intramolecular Hbond substituents is 1. The summed E-state index contributed by atoms with van der Waals surface area (Å²) in [6.07, 6.45) is 0.296. The van der Waals surface area contributed by atoms with E-state index in [1.165, 1.54) is 12.1 Å². The molecule has 0 saturated carbocycles. The number of aliphatic carboxylic acids is 1. The summed E-state index contributed by atoms with van der Waals surface area (Å²) < 4.78 is 5.26. The number of fused-ring (bicyclic) bond motifs is 1. The average Bonchev–Trinajstić information content (AvgIpc) is 2.60. The second-order valence-corrected chi connectivity index (χ2v) is 6.15. The smallest absolute Gasteiger partial charge is 0.336 e. The minimum Gasteiger partial charge on any atom is -0.507 e. The molecule has 0 unspecified atom stereocenters. The van der Waals surface area contributed by atoms with Gasteiger partial charge >= 0.3 is 11.6 Å². The molecule has 6 heteroatoms. The second-order valence-electron chi connectivity index (χ2n) is 6.15. The third kappa shape index (κ3) is 3.75. The lowest BCUT2D eigenvalue weighted by atomic mass is 10.0. The van der Waals surface area contributed by atoms with Crippen molar-refractivity contribution in [2.24, 2.45) is 0 Å². The fraction of sp³-hybridized carbons (Fsp3) is 0.200. The van der Waals surface area contributed by atoms with Gasteiger partial charge < -0.3 is 14.6 Å². The van der Waals surface area contributed by atoms with Crippen LogP contribution in [0.15, 0.2) is 57.7 Å². The Hall–Kier alpha value is -3.12. The third-order valence-electron chi connectivity index (χ3n) is 4.30. The van der Waals surface area contributed by atoms with E-state index >= 15 is 0 Å². The van der Waals surface area contributed by atoms with Crippen molar-refractivity contribution in [2.45, 2.75) is 25.9 Å². The minimum absolute atomic E-state index is 0.0531. The van der Waals surface area contributed by atoms with E-state index < -0.39 is 17.6 Å². The van der Waals surface area contributed by atoms with Crippen LogP contribution in [0.4, 0.5) is 0 Å². The van der Waals surface area contributed by atoms with Crippen LogP contribution in [0.2, 0.25) is 0 Å². The van der Waals surface area contributed by atoms with Gasteiger partial charge in [0.2, 0.25) is 0 Å². The molecule has 26 heavy (non-hydrogen) atoms. The fourth-order valence-corrected chi connectivity index (χ4v) is 2.92. The molecule has 1 atom stereocenters. The van der Waals surface area contributed by atoms with Crippen molar-refractivity contribution in [3.8, 4) is 5.75 Å². The summed E-state index contributed by atoms with van der Waals surface area (Å²) in [5.74, 6) is -1.05. The van der Waals surface area contributed by atoms with E-state index in [1.54, 1.807) is 13.0 Å². The van der Waals surface area contributed by atoms with Gasteiger partial charge in [-0.3, -0.25) is 10.1 Å². The van der Waals surface area contributed by atoms with E-state index in [1.807, 2.05) is 30.3 Å². The first-order valence-corrected chi connectivity index (χ1v) is 8.21. The summed E-state index contributed by atoms with van der Waals surface area (Å²) in [5, 5.41) is 23.3. The summed E-state index contributed by atoms with van der Waals surface area (Å²) in [4.78, 5) is 23.3. The van der Waals surface area contributed by atoms with Crippen LogP contribution >= 0.6 is 0 Å². The van der Waals surface area contributed by atoms with E-state index in [0.29, 0.717) is 17.4 Å². The SMILES string of the molecule is Cc1cc(=O)oc2c(CN[C@@H](Cc3ccccc3)C(=O)O)c(O)ccc12. The van der Waals surface area contributed by atoms with Gasteiger partial charge in [-0.25, -0.2) is 4.79 Å². The quantitative estimate of drug-likeness (QED) is 0.589. The van der Waals surface area contributed by atoms with Crippen LogP contribution in [-0.4, -0.2) is 22.2 Å². The number of hydrogen-bond donors (Lipinski definition) is 3. The Bertz CT molecular complexity index is 994. The molecule has 0 aliphatic heterocycles. The lowest BCUT2D eigenvalue weighted by molar-refractivity contribution is -0.139. The number of aryl methyl sites for hydroxylation is 1. The van der Waals surface area contributed by atoms with Gasteiger partial charge in [0.1, 0.15) is 17.4 Å². The van der Waals surface area contributed by atoms with Gasteiger partial charge in [0.25, 0.3) is 0 Å². The maximum absolute atomic E-state index is 11.7. The van der Waals surface area contributed by atoms with Crippen LogP contribution in [0.25, 0.3) is 11.0 Å². The first-order valence-electron chi connectivity index (χ1n) is 8.21. The Morgan fingerprint density at radius 2 is 1.92 bits per heavy atom. The van der Waals surface area contributed by atoms with E-state index in [-0.39, 0.29) is 17.9 Å². The van der Waals surface area contributed by atoms with Crippen molar-refractivity contribution < 1.29 is 19.4 Å². The van der Waals surface area contributed by atoms with E-state index in [4.69, 9.17) is 4.42 Å². The maximum atomic E-state index is 11.7. The maximum Gasteiger partial charge on any atom is 0.336 e. The lowest BCUT2D eigenvalue weighted by Gasteiger charge is -2.16. The highest BCUT2D eigenvalue weighted by Crippen LogP contribution is 2.28. The molecular weight excluding hydrogens is 334 g/mol. The molecule has 6 nitrogen and oxygen atoms in total. The van der Waals surface area contributed by atoms with Gasteiger partial charge in [-0.2, -0.15) is 0 Å². The first kappa shape index (κ1) is 17.7. The Balaban J connectivity index is 1.89. The van der Waals surface area contributed by atoms with Crippen LogP contribution in [0.1, 0.15) is 16.7 Å². The number of hydrogen-bond acceptors (Lipinski definition) is 5. The molecule has 0 radical (unpaired) electrons. The zero-order chi connectivity index (χ0) is 18.7. The largest absolute Gasteiger partial charge is 0.507 e. The zero-order valence-corrected chi connectivity index (χ0v) is 14.2. The van der Waals surface area contributed by atoms with Crippen LogP contribution < -0.4 is 10.9 Å². The van der Waals surface area contributed by atoms with Crippen LogP contribution in [-0.2, 0) is 17.8 Å². The molecule has 0 aliphatic carbocycles.